The van der Waals surface area contributed by atoms with Gasteiger partial charge in [-0.1, -0.05) is 19.1 Å². The number of nitro benzene ring substituents is 1. The highest BCUT2D eigenvalue weighted by atomic mass is 16.6. The highest BCUT2D eigenvalue weighted by Crippen LogP contribution is 2.27. The first-order chi connectivity index (χ1) is 15.0. The number of para-hydroxylation sites is 2. The maximum absolute atomic E-state index is 12.1. The molecule has 0 aliphatic heterocycles. The van der Waals surface area contributed by atoms with E-state index in [0.29, 0.717) is 23.2 Å². The van der Waals surface area contributed by atoms with Crippen molar-refractivity contribution >= 4 is 28.8 Å². The van der Waals surface area contributed by atoms with Gasteiger partial charge in [0.1, 0.15) is 5.69 Å². The minimum atomic E-state index is -0.533. The van der Waals surface area contributed by atoms with Gasteiger partial charge in [0.25, 0.3) is 5.56 Å². The van der Waals surface area contributed by atoms with Crippen molar-refractivity contribution in [3.05, 3.63) is 74.2 Å². The quantitative estimate of drug-likeness (QED) is 0.308. The molecule has 0 aliphatic carbocycles. The zero-order chi connectivity index (χ0) is 22.2. The summed E-state index contributed by atoms with van der Waals surface area (Å²) in [7, 11) is 0. The van der Waals surface area contributed by atoms with E-state index in [1.807, 2.05) is 13.0 Å². The van der Waals surface area contributed by atoms with E-state index in [-0.39, 0.29) is 35.5 Å². The van der Waals surface area contributed by atoms with Crippen LogP contribution in [0.3, 0.4) is 0 Å². The normalized spacial score (nSPS) is 11.0. The van der Waals surface area contributed by atoms with Crippen LogP contribution in [0.25, 0.3) is 11.0 Å². The monoisotopic (exact) mass is 423 g/mol. The molecule has 10 nitrogen and oxygen atoms in total. The number of carbonyl (C=O) groups is 1. The molecule has 1 aromatic heterocycles. The Morgan fingerprint density at radius 3 is 2.90 bits per heavy atom. The molecule has 31 heavy (non-hydrogen) atoms. The fourth-order valence-corrected chi connectivity index (χ4v) is 2.79. The van der Waals surface area contributed by atoms with Crippen LogP contribution in [0.4, 0.5) is 5.69 Å². The van der Waals surface area contributed by atoms with E-state index in [0.717, 1.165) is 6.42 Å². The Morgan fingerprint density at radius 2 is 2.13 bits per heavy atom. The average molecular weight is 423 g/mol. The summed E-state index contributed by atoms with van der Waals surface area (Å²) in [5, 5.41) is 15.0. The summed E-state index contributed by atoms with van der Waals surface area (Å²) < 4.78 is 5.37. The third kappa shape index (κ3) is 5.72. The molecule has 160 valence electrons. The molecule has 0 saturated heterocycles. The van der Waals surface area contributed by atoms with Crippen LogP contribution >= 0.6 is 0 Å². The smallest absolute Gasteiger partial charge is 0.311 e. The molecule has 1 heterocycles. The highest BCUT2D eigenvalue weighted by Gasteiger charge is 2.15. The average Bonchev–Trinajstić information content (AvgIpc) is 2.76. The number of ether oxygens (including phenoxy) is 1. The third-order valence-electron chi connectivity index (χ3n) is 4.30. The minimum Gasteiger partial charge on any atom is -0.487 e. The molecule has 0 saturated carbocycles. The summed E-state index contributed by atoms with van der Waals surface area (Å²) in [4.78, 5) is 41.8. The number of nitrogens with zero attached hydrogens (tertiary/aromatic N) is 3. The SMILES string of the molecule is CCCOc1ccc(/C=N\NC(=O)CCc2nc3ccccc3[nH]c2=O)cc1[N+](=O)[O-]. The van der Waals surface area contributed by atoms with Crippen molar-refractivity contribution in [1.29, 1.82) is 0 Å². The number of hydrogen-bond donors (Lipinski definition) is 2. The predicted molar refractivity (Wildman–Crippen MR) is 115 cm³/mol. The number of nitrogens with one attached hydrogen (secondary N) is 2. The molecule has 3 rings (SSSR count). The minimum absolute atomic E-state index is 0.00963. The fourth-order valence-electron chi connectivity index (χ4n) is 2.79. The number of carbonyl (C=O) groups excluding carboxylic acids is 1. The second kappa shape index (κ2) is 10.1. The summed E-state index contributed by atoms with van der Waals surface area (Å²) in [5.74, 6) is -0.232. The Balaban J connectivity index is 1.59. The van der Waals surface area contributed by atoms with Crippen LogP contribution in [-0.4, -0.2) is 33.6 Å². The van der Waals surface area contributed by atoms with Gasteiger partial charge >= 0.3 is 5.69 Å². The van der Waals surface area contributed by atoms with Gasteiger partial charge < -0.3 is 9.72 Å². The van der Waals surface area contributed by atoms with Crippen molar-refractivity contribution in [1.82, 2.24) is 15.4 Å². The number of fused-ring (bicyclic) bond motifs is 1. The number of H-pyrrole nitrogens is 1. The van der Waals surface area contributed by atoms with Gasteiger partial charge in [-0.3, -0.25) is 19.7 Å². The second-order valence-electron chi connectivity index (χ2n) is 6.66. The van der Waals surface area contributed by atoms with Gasteiger partial charge in [-0.2, -0.15) is 5.10 Å². The van der Waals surface area contributed by atoms with Crippen LogP contribution in [-0.2, 0) is 11.2 Å². The number of hydrazone groups is 1. The lowest BCUT2D eigenvalue weighted by molar-refractivity contribution is -0.385. The van der Waals surface area contributed by atoms with Crippen LogP contribution in [0.2, 0.25) is 0 Å². The van der Waals surface area contributed by atoms with Gasteiger partial charge in [0.05, 0.1) is 28.8 Å². The van der Waals surface area contributed by atoms with Gasteiger partial charge in [-0.25, -0.2) is 10.4 Å². The molecule has 0 fully saturated rings. The van der Waals surface area contributed by atoms with E-state index in [1.165, 1.54) is 18.3 Å². The Labute approximate surface area is 177 Å². The molecule has 2 N–H and O–H groups in total. The first-order valence-electron chi connectivity index (χ1n) is 9.69. The molecular weight excluding hydrogens is 402 g/mol. The van der Waals surface area contributed by atoms with Crippen molar-refractivity contribution in [2.75, 3.05) is 6.61 Å². The number of aromatic amines is 1. The molecule has 1 amide bonds. The molecular formula is C21H21N5O5. The maximum atomic E-state index is 12.1. The van der Waals surface area contributed by atoms with Gasteiger partial charge in [0, 0.05) is 24.5 Å². The zero-order valence-corrected chi connectivity index (χ0v) is 16.8. The van der Waals surface area contributed by atoms with Crippen LogP contribution < -0.4 is 15.7 Å². The number of aryl methyl sites for hydroxylation is 1. The Kier molecular flexibility index (Phi) is 7.05. The van der Waals surface area contributed by atoms with Gasteiger partial charge in [-0.05, 0) is 30.7 Å². The molecule has 0 spiro atoms. The number of amides is 1. The molecule has 0 aliphatic rings. The lowest BCUT2D eigenvalue weighted by Gasteiger charge is -2.05. The Bertz CT molecular complexity index is 1190. The van der Waals surface area contributed by atoms with Crippen LogP contribution in [0.5, 0.6) is 5.75 Å². The predicted octanol–water partition coefficient (Wildman–Crippen LogP) is 2.70. The number of benzene rings is 2. The largest absolute Gasteiger partial charge is 0.487 e. The van der Waals surface area contributed by atoms with Gasteiger partial charge in [0.2, 0.25) is 5.91 Å². The summed E-state index contributed by atoms with van der Waals surface area (Å²) in [5.41, 5.74) is 3.80. The summed E-state index contributed by atoms with van der Waals surface area (Å²) in [6.45, 7) is 2.28. The number of hydrogen-bond acceptors (Lipinski definition) is 7. The van der Waals surface area contributed by atoms with Crippen molar-refractivity contribution in [3.63, 3.8) is 0 Å². The molecule has 0 radical (unpaired) electrons. The first kappa shape index (κ1) is 21.6. The number of nitro groups is 1. The fraction of sp³-hybridized carbons (Fsp3) is 0.238. The molecule has 0 unspecified atom stereocenters. The van der Waals surface area contributed by atoms with Crippen molar-refractivity contribution in [3.8, 4) is 5.75 Å². The van der Waals surface area contributed by atoms with E-state index < -0.39 is 10.8 Å². The molecule has 2 aromatic carbocycles. The summed E-state index contributed by atoms with van der Waals surface area (Å²) in [6.07, 6.45) is 2.19. The topological polar surface area (TPSA) is 140 Å². The Morgan fingerprint density at radius 1 is 1.32 bits per heavy atom. The van der Waals surface area contributed by atoms with Crippen molar-refractivity contribution in [2.24, 2.45) is 5.10 Å². The highest BCUT2D eigenvalue weighted by molar-refractivity contribution is 5.83. The van der Waals surface area contributed by atoms with E-state index in [4.69, 9.17) is 4.74 Å². The lowest BCUT2D eigenvalue weighted by Crippen LogP contribution is -2.21. The number of aromatic nitrogens is 2. The maximum Gasteiger partial charge on any atom is 0.311 e. The summed E-state index contributed by atoms with van der Waals surface area (Å²) >= 11 is 0. The van der Waals surface area contributed by atoms with E-state index in [1.54, 1.807) is 24.3 Å². The van der Waals surface area contributed by atoms with E-state index in [2.05, 4.69) is 20.5 Å². The van der Waals surface area contributed by atoms with Gasteiger partial charge in [-0.15, -0.1) is 0 Å². The molecule has 0 bridgehead atoms. The molecule has 3 aromatic rings. The summed E-state index contributed by atoms with van der Waals surface area (Å²) in [6, 6.07) is 11.6. The standard InChI is InChI=1S/C21H21N5O5/c1-2-11-31-19-9-7-14(12-18(19)26(29)30)13-22-25-20(27)10-8-17-21(28)24-16-6-4-3-5-15(16)23-17/h3-7,9,12-13H,2,8,10-11H2,1H3,(H,24,28)(H,25,27)/b22-13-. The van der Waals surface area contributed by atoms with Crippen LogP contribution in [0.15, 0.2) is 52.4 Å². The van der Waals surface area contributed by atoms with E-state index >= 15 is 0 Å². The van der Waals surface area contributed by atoms with E-state index in [9.17, 15) is 19.7 Å². The van der Waals surface area contributed by atoms with Gasteiger partial charge in [0.15, 0.2) is 5.75 Å². The van der Waals surface area contributed by atoms with Crippen LogP contribution in [0, 0.1) is 10.1 Å². The third-order valence-corrected chi connectivity index (χ3v) is 4.30. The second-order valence-corrected chi connectivity index (χ2v) is 6.66. The molecule has 0 atom stereocenters. The molecule has 10 heteroatoms. The lowest BCUT2D eigenvalue weighted by atomic mass is 10.2. The first-order valence-corrected chi connectivity index (χ1v) is 9.69. The zero-order valence-electron chi connectivity index (χ0n) is 16.8. The number of rotatable bonds is 9. The Hall–Kier alpha value is -4.08. The van der Waals surface area contributed by atoms with Crippen molar-refractivity contribution in [2.45, 2.75) is 26.2 Å². The van der Waals surface area contributed by atoms with Crippen molar-refractivity contribution < 1.29 is 14.5 Å². The van der Waals surface area contributed by atoms with Crippen LogP contribution in [0.1, 0.15) is 31.0 Å².